The van der Waals surface area contributed by atoms with Crippen LogP contribution in [0.3, 0.4) is 0 Å². The predicted octanol–water partition coefficient (Wildman–Crippen LogP) is 1.20. The Morgan fingerprint density at radius 2 is 2.10 bits per heavy atom. The molecule has 0 bridgehead atoms. The highest BCUT2D eigenvalue weighted by atomic mass is 19.1. The minimum Gasteiger partial charge on any atom is -0.479 e. The van der Waals surface area contributed by atoms with E-state index in [-0.39, 0.29) is 6.54 Å². The van der Waals surface area contributed by atoms with E-state index < -0.39 is 30.0 Å². The van der Waals surface area contributed by atoms with E-state index in [1.54, 1.807) is 13.0 Å². The molecule has 20 heavy (non-hydrogen) atoms. The molecule has 0 aliphatic rings. The first kappa shape index (κ1) is 15.9. The average molecular weight is 284 g/mol. The van der Waals surface area contributed by atoms with Crippen LogP contribution < -0.4 is 10.2 Å². The van der Waals surface area contributed by atoms with E-state index in [2.05, 4.69) is 5.32 Å². The van der Waals surface area contributed by atoms with Gasteiger partial charge in [0.2, 0.25) is 0 Å². The van der Waals surface area contributed by atoms with Crippen LogP contribution in [0.15, 0.2) is 24.3 Å². The van der Waals surface area contributed by atoms with Crippen LogP contribution in [0.4, 0.5) is 14.9 Å². The van der Waals surface area contributed by atoms with E-state index in [4.69, 9.17) is 5.11 Å². The maximum Gasteiger partial charge on any atom is 0.337 e. The van der Waals surface area contributed by atoms with E-state index in [9.17, 15) is 19.1 Å². The normalized spacial score (nSPS) is 13.4. The Morgan fingerprint density at radius 1 is 1.45 bits per heavy atom. The number of aliphatic carboxylic acids is 1. The minimum atomic E-state index is -2.06. The molecule has 0 fully saturated rings. The van der Waals surface area contributed by atoms with E-state index in [1.165, 1.54) is 23.1 Å². The molecular weight excluding hydrogens is 267 g/mol. The molecule has 7 heteroatoms. The Labute approximate surface area is 115 Å². The first-order valence-corrected chi connectivity index (χ1v) is 6.04. The molecule has 6 nitrogen and oxygen atoms in total. The summed E-state index contributed by atoms with van der Waals surface area (Å²) in [6, 6.07) is 4.86. The molecule has 1 rings (SSSR count). The van der Waals surface area contributed by atoms with Crippen LogP contribution in [0.2, 0.25) is 0 Å². The van der Waals surface area contributed by atoms with Gasteiger partial charge in [-0.15, -0.1) is 0 Å². The van der Waals surface area contributed by atoms with Gasteiger partial charge in [0.05, 0.1) is 6.54 Å². The van der Waals surface area contributed by atoms with Crippen LogP contribution in [-0.4, -0.2) is 40.9 Å². The van der Waals surface area contributed by atoms with Crippen molar-refractivity contribution in [3.63, 3.8) is 0 Å². The molecule has 110 valence electrons. The zero-order chi connectivity index (χ0) is 15.3. The zero-order valence-corrected chi connectivity index (χ0v) is 11.3. The number of carbonyl (C=O) groups is 2. The van der Waals surface area contributed by atoms with Gasteiger partial charge in [-0.2, -0.15) is 0 Å². The minimum absolute atomic E-state index is 0.268. The van der Waals surface area contributed by atoms with Crippen molar-refractivity contribution in [1.29, 1.82) is 0 Å². The highest BCUT2D eigenvalue weighted by molar-refractivity contribution is 5.92. The van der Waals surface area contributed by atoms with Crippen molar-refractivity contribution in [3.05, 3.63) is 30.1 Å². The third kappa shape index (κ3) is 3.92. The largest absolute Gasteiger partial charge is 0.479 e. The quantitative estimate of drug-likeness (QED) is 0.757. The second kappa shape index (κ2) is 6.33. The fraction of sp³-hybridized carbons (Fsp3) is 0.385. The lowest BCUT2D eigenvalue weighted by Crippen LogP contribution is -2.50. The van der Waals surface area contributed by atoms with E-state index in [0.717, 1.165) is 6.92 Å². The number of benzene rings is 1. The monoisotopic (exact) mass is 284 g/mol. The van der Waals surface area contributed by atoms with Gasteiger partial charge in [0, 0.05) is 12.2 Å². The molecule has 1 unspecified atom stereocenters. The third-order valence-corrected chi connectivity index (χ3v) is 2.73. The van der Waals surface area contributed by atoms with Gasteiger partial charge in [-0.3, -0.25) is 4.90 Å². The zero-order valence-electron chi connectivity index (χ0n) is 11.3. The number of anilines is 1. The number of nitrogens with zero attached hydrogens (tertiary/aromatic N) is 1. The Balaban J connectivity index is 2.76. The molecule has 0 aromatic heterocycles. The molecule has 0 saturated heterocycles. The maximum atomic E-state index is 13.1. The molecular formula is C13H17FN2O4. The fourth-order valence-electron chi connectivity index (χ4n) is 1.51. The van der Waals surface area contributed by atoms with Crippen molar-refractivity contribution in [2.45, 2.75) is 19.4 Å². The molecule has 0 aliphatic carbocycles. The topological polar surface area (TPSA) is 89.9 Å². The van der Waals surface area contributed by atoms with Crippen molar-refractivity contribution < 1.29 is 24.2 Å². The van der Waals surface area contributed by atoms with Crippen LogP contribution in [0, 0.1) is 5.82 Å². The Bertz CT molecular complexity index is 505. The number of carboxylic acid groups (broad SMARTS) is 1. The van der Waals surface area contributed by atoms with Crippen molar-refractivity contribution in [2.24, 2.45) is 0 Å². The van der Waals surface area contributed by atoms with Gasteiger partial charge in [-0.1, -0.05) is 6.07 Å². The fourth-order valence-corrected chi connectivity index (χ4v) is 1.51. The van der Waals surface area contributed by atoms with Crippen LogP contribution >= 0.6 is 0 Å². The van der Waals surface area contributed by atoms with Crippen LogP contribution in [0.25, 0.3) is 0 Å². The number of aliphatic hydroxyl groups is 1. The van der Waals surface area contributed by atoms with Crippen molar-refractivity contribution >= 4 is 17.7 Å². The summed E-state index contributed by atoms with van der Waals surface area (Å²) in [7, 11) is 0. The molecule has 1 aromatic carbocycles. The summed E-state index contributed by atoms with van der Waals surface area (Å²) in [5.74, 6) is -1.92. The van der Waals surface area contributed by atoms with Gasteiger partial charge in [0.25, 0.3) is 0 Å². The summed E-state index contributed by atoms with van der Waals surface area (Å²) in [5.41, 5.74) is -1.71. The van der Waals surface area contributed by atoms with Gasteiger partial charge in [-0.05, 0) is 32.0 Å². The molecule has 0 heterocycles. The summed E-state index contributed by atoms with van der Waals surface area (Å²) in [6.07, 6.45) is 0. The summed E-state index contributed by atoms with van der Waals surface area (Å²) in [4.78, 5) is 23.9. The van der Waals surface area contributed by atoms with Gasteiger partial charge >= 0.3 is 12.0 Å². The SMILES string of the molecule is CCN(C(=O)NCC(C)(O)C(=O)O)c1cccc(F)c1. The maximum absolute atomic E-state index is 13.1. The molecule has 1 aromatic rings. The van der Waals surface area contributed by atoms with Crippen LogP contribution in [-0.2, 0) is 4.79 Å². The first-order chi connectivity index (χ1) is 9.27. The van der Waals surface area contributed by atoms with Gasteiger partial charge in [0.1, 0.15) is 5.82 Å². The number of hydrogen-bond donors (Lipinski definition) is 3. The Morgan fingerprint density at radius 3 is 2.60 bits per heavy atom. The highest BCUT2D eigenvalue weighted by Gasteiger charge is 2.31. The molecule has 1 atom stereocenters. The van der Waals surface area contributed by atoms with Crippen molar-refractivity contribution in [3.8, 4) is 0 Å². The van der Waals surface area contributed by atoms with Gasteiger partial charge < -0.3 is 15.5 Å². The van der Waals surface area contributed by atoms with E-state index in [1.807, 2.05) is 0 Å². The number of hydrogen-bond acceptors (Lipinski definition) is 3. The van der Waals surface area contributed by atoms with E-state index >= 15 is 0 Å². The number of carboxylic acids is 1. The first-order valence-electron chi connectivity index (χ1n) is 6.04. The lowest BCUT2D eigenvalue weighted by Gasteiger charge is -2.24. The summed E-state index contributed by atoms with van der Waals surface area (Å²) in [6.45, 7) is 2.59. The van der Waals surface area contributed by atoms with Gasteiger partial charge in [-0.25, -0.2) is 14.0 Å². The van der Waals surface area contributed by atoms with Crippen molar-refractivity contribution in [1.82, 2.24) is 5.32 Å². The molecule has 0 saturated carbocycles. The lowest BCUT2D eigenvalue weighted by molar-refractivity contribution is -0.155. The number of halogens is 1. The lowest BCUT2D eigenvalue weighted by atomic mass is 10.1. The highest BCUT2D eigenvalue weighted by Crippen LogP contribution is 2.15. The number of carbonyl (C=O) groups excluding carboxylic acids is 1. The van der Waals surface area contributed by atoms with Gasteiger partial charge in [0.15, 0.2) is 5.60 Å². The number of urea groups is 1. The molecule has 0 radical (unpaired) electrons. The third-order valence-electron chi connectivity index (χ3n) is 2.73. The van der Waals surface area contributed by atoms with Crippen LogP contribution in [0.5, 0.6) is 0 Å². The van der Waals surface area contributed by atoms with Crippen molar-refractivity contribution in [2.75, 3.05) is 18.0 Å². The Hall–Kier alpha value is -2.15. The average Bonchev–Trinajstić information content (AvgIpc) is 2.37. The second-order valence-corrected chi connectivity index (χ2v) is 4.46. The molecule has 3 N–H and O–H groups in total. The number of nitrogens with one attached hydrogen (secondary N) is 1. The number of amides is 2. The summed E-state index contributed by atoms with van der Waals surface area (Å²) >= 11 is 0. The standard InChI is InChI=1S/C13H17FN2O4/c1-3-16(10-6-4-5-9(14)7-10)12(19)15-8-13(2,20)11(17)18/h4-7,20H,3,8H2,1-2H3,(H,15,19)(H,17,18). The summed E-state index contributed by atoms with van der Waals surface area (Å²) in [5, 5.41) is 20.6. The van der Waals surface area contributed by atoms with E-state index in [0.29, 0.717) is 5.69 Å². The molecule has 2 amide bonds. The number of rotatable bonds is 5. The molecule has 0 aliphatic heterocycles. The molecule has 0 spiro atoms. The second-order valence-electron chi connectivity index (χ2n) is 4.46. The predicted molar refractivity (Wildman–Crippen MR) is 71.1 cm³/mol. The Kier molecular flexibility index (Phi) is 5.04. The van der Waals surface area contributed by atoms with Crippen LogP contribution in [0.1, 0.15) is 13.8 Å². The smallest absolute Gasteiger partial charge is 0.337 e. The summed E-state index contributed by atoms with van der Waals surface area (Å²) < 4.78 is 13.1.